The van der Waals surface area contributed by atoms with Crippen molar-refractivity contribution in [2.45, 2.75) is 20.8 Å². The third-order valence-electron chi connectivity index (χ3n) is 3.95. The fourth-order valence-electron chi connectivity index (χ4n) is 2.50. The smallest absolute Gasteiger partial charge is 0.267 e. The van der Waals surface area contributed by atoms with E-state index < -0.39 is 0 Å². The van der Waals surface area contributed by atoms with E-state index >= 15 is 0 Å². The number of anilines is 1. The Morgan fingerprint density at radius 3 is 2.69 bits per heavy atom. The minimum Gasteiger partial charge on any atom is -0.369 e. The second kappa shape index (κ2) is 7.20. The molecule has 3 rings (SSSR count). The number of pyridine rings is 1. The van der Waals surface area contributed by atoms with Gasteiger partial charge in [-0.05, 0) is 30.5 Å². The topological polar surface area (TPSA) is 66.7 Å². The Bertz CT molecular complexity index is 995. The lowest BCUT2D eigenvalue weighted by atomic mass is 10.2. The molecule has 0 aromatic carbocycles. The van der Waals surface area contributed by atoms with Crippen LogP contribution in [0.4, 0.5) is 5.82 Å². The number of aryl methyl sites for hydroxylation is 1. The van der Waals surface area contributed by atoms with E-state index in [1.165, 1.54) is 21.1 Å². The number of thioether (sulfide) groups is 1. The third-order valence-corrected chi connectivity index (χ3v) is 5.43. The lowest BCUT2D eigenvalue weighted by molar-refractivity contribution is -0.121. The highest BCUT2D eigenvalue weighted by Gasteiger charge is 2.29. The molecule has 2 aromatic rings. The summed E-state index contributed by atoms with van der Waals surface area (Å²) < 4.78 is 1.98. The summed E-state index contributed by atoms with van der Waals surface area (Å²) >= 11 is 6.36. The average Bonchev–Trinajstić information content (AvgIpc) is 2.83. The van der Waals surface area contributed by atoms with E-state index in [-0.39, 0.29) is 11.5 Å². The molecule has 26 heavy (non-hydrogen) atoms. The number of carbonyl (C=O) groups excluding carboxylic acids is 1. The molecule has 3 heterocycles. The number of carbonyl (C=O) groups is 1. The van der Waals surface area contributed by atoms with Crippen LogP contribution >= 0.6 is 24.0 Å². The Hall–Kier alpha value is -2.19. The van der Waals surface area contributed by atoms with Crippen LogP contribution in [0.1, 0.15) is 25.0 Å². The molecule has 1 aliphatic heterocycles. The van der Waals surface area contributed by atoms with E-state index in [0.717, 1.165) is 5.56 Å². The maximum absolute atomic E-state index is 13.1. The first-order chi connectivity index (χ1) is 12.3. The minimum atomic E-state index is -0.216. The number of amides is 1. The zero-order chi connectivity index (χ0) is 19.0. The summed E-state index contributed by atoms with van der Waals surface area (Å²) in [7, 11) is 1.63. The van der Waals surface area contributed by atoms with Crippen LogP contribution in [0.2, 0.25) is 0 Å². The molecule has 1 N–H and O–H groups in total. The van der Waals surface area contributed by atoms with E-state index in [2.05, 4.69) is 24.1 Å². The molecule has 8 heteroatoms. The third kappa shape index (κ3) is 3.52. The van der Waals surface area contributed by atoms with Crippen LogP contribution in [-0.4, -0.2) is 38.1 Å². The van der Waals surface area contributed by atoms with Crippen molar-refractivity contribution in [3.8, 4) is 0 Å². The highest BCUT2D eigenvalue weighted by atomic mass is 32.2. The average molecular weight is 389 g/mol. The van der Waals surface area contributed by atoms with E-state index in [1.54, 1.807) is 19.3 Å². The molecule has 0 unspecified atom stereocenters. The Morgan fingerprint density at radius 1 is 1.35 bits per heavy atom. The Morgan fingerprint density at radius 2 is 2.08 bits per heavy atom. The van der Waals surface area contributed by atoms with Crippen molar-refractivity contribution in [2.24, 2.45) is 5.92 Å². The number of hydrogen-bond acceptors (Lipinski definition) is 6. The van der Waals surface area contributed by atoms with E-state index in [9.17, 15) is 9.59 Å². The zero-order valence-electron chi connectivity index (χ0n) is 15.1. The maximum Gasteiger partial charge on any atom is 0.267 e. The second-order valence-corrected chi connectivity index (χ2v) is 8.31. The van der Waals surface area contributed by atoms with Gasteiger partial charge in [-0.25, -0.2) is 4.98 Å². The van der Waals surface area contributed by atoms with Crippen LogP contribution in [0, 0.1) is 12.8 Å². The fraction of sp³-hybridized carbons (Fsp3) is 0.333. The van der Waals surface area contributed by atoms with Crippen LogP contribution in [0.25, 0.3) is 11.7 Å². The molecule has 0 bridgehead atoms. The van der Waals surface area contributed by atoms with Gasteiger partial charge in [0.15, 0.2) is 0 Å². The number of nitrogens with zero attached hydrogens (tertiary/aromatic N) is 3. The number of likely N-dealkylation sites (N-methyl/N-ethyl adjacent to an activating group) is 1. The van der Waals surface area contributed by atoms with Gasteiger partial charge in [0.05, 0.1) is 10.5 Å². The molecule has 0 saturated carbocycles. The molecule has 0 spiro atoms. The lowest BCUT2D eigenvalue weighted by Crippen LogP contribution is -2.24. The Balaban J connectivity index is 2.19. The number of fused-ring (bicyclic) bond motifs is 1. The van der Waals surface area contributed by atoms with Crippen molar-refractivity contribution in [3.05, 3.63) is 44.7 Å². The molecule has 0 atom stereocenters. The monoisotopic (exact) mass is 388 g/mol. The first kappa shape index (κ1) is 18.6. The molecule has 1 saturated heterocycles. The summed E-state index contributed by atoms with van der Waals surface area (Å²) in [6.45, 7) is 6.74. The largest absolute Gasteiger partial charge is 0.369 e. The molecular formula is C18H20N4O2S2. The summed E-state index contributed by atoms with van der Waals surface area (Å²) in [4.78, 5) is 31.8. The molecule has 1 aliphatic rings. The van der Waals surface area contributed by atoms with Crippen molar-refractivity contribution >= 4 is 51.7 Å². The number of rotatable bonds is 4. The molecular weight excluding hydrogens is 368 g/mol. The summed E-state index contributed by atoms with van der Waals surface area (Å²) in [5.41, 5.74) is 1.66. The van der Waals surface area contributed by atoms with Gasteiger partial charge in [-0.1, -0.05) is 43.9 Å². The first-order valence-electron chi connectivity index (χ1n) is 8.26. The lowest BCUT2D eigenvalue weighted by Gasteiger charge is -2.13. The molecule has 2 aromatic heterocycles. The van der Waals surface area contributed by atoms with Crippen molar-refractivity contribution in [1.29, 1.82) is 0 Å². The second-order valence-electron chi connectivity index (χ2n) is 6.63. The SMILES string of the molecule is Cc1ccc2nc(NCC(C)C)c(/C=C3/SC(=S)N(C)C3=O)c(=O)n2c1. The minimum absolute atomic E-state index is 0.205. The van der Waals surface area contributed by atoms with Crippen molar-refractivity contribution in [3.63, 3.8) is 0 Å². The number of nitrogens with one attached hydrogen (secondary N) is 1. The summed E-state index contributed by atoms with van der Waals surface area (Å²) in [6, 6.07) is 3.72. The zero-order valence-corrected chi connectivity index (χ0v) is 16.7. The molecule has 6 nitrogen and oxygen atoms in total. The van der Waals surface area contributed by atoms with E-state index in [4.69, 9.17) is 12.2 Å². The normalized spacial score (nSPS) is 16.3. The quantitative estimate of drug-likeness (QED) is 0.642. The van der Waals surface area contributed by atoms with Crippen LogP contribution in [-0.2, 0) is 4.79 Å². The van der Waals surface area contributed by atoms with E-state index in [1.807, 2.05) is 19.1 Å². The summed E-state index contributed by atoms with van der Waals surface area (Å²) in [5.74, 6) is 0.660. The van der Waals surface area contributed by atoms with Gasteiger partial charge in [0.2, 0.25) is 0 Å². The van der Waals surface area contributed by atoms with Gasteiger partial charge < -0.3 is 5.32 Å². The Kier molecular flexibility index (Phi) is 5.15. The van der Waals surface area contributed by atoms with Crippen LogP contribution in [0.3, 0.4) is 0 Å². The first-order valence-corrected chi connectivity index (χ1v) is 9.49. The molecule has 1 amide bonds. The van der Waals surface area contributed by atoms with Gasteiger partial charge in [0, 0.05) is 19.8 Å². The van der Waals surface area contributed by atoms with Crippen LogP contribution < -0.4 is 10.9 Å². The number of aromatic nitrogens is 2. The molecule has 0 aliphatic carbocycles. The molecule has 0 radical (unpaired) electrons. The van der Waals surface area contributed by atoms with Crippen molar-refractivity contribution in [1.82, 2.24) is 14.3 Å². The molecule has 136 valence electrons. The van der Waals surface area contributed by atoms with Crippen LogP contribution in [0.5, 0.6) is 0 Å². The maximum atomic E-state index is 13.1. The summed E-state index contributed by atoms with van der Waals surface area (Å²) in [5, 5.41) is 3.24. The molecule has 1 fully saturated rings. The number of hydrogen-bond donors (Lipinski definition) is 1. The number of thiocarbonyl (C=S) groups is 1. The van der Waals surface area contributed by atoms with Gasteiger partial charge >= 0.3 is 0 Å². The Labute approximate surface area is 161 Å². The van der Waals surface area contributed by atoms with Gasteiger partial charge in [-0.15, -0.1) is 0 Å². The highest BCUT2D eigenvalue weighted by Crippen LogP contribution is 2.31. The predicted molar refractivity (Wildman–Crippen MR) is 110 cm³/mol. The van der Waals surface area contributed by atoms with Crippen molar-refractivity contribution in [2.75, 3.05) is 18.9 Å². The van der Waals surface area contributed by atoms with Crippen LogP contribution in [0.15, 0.2) is 28.0 Å². The highest BCUT2D eigenvalue weighted by molar-refractivity contribution is 8.26. The van der Waals surface area contributed by atoms with Gasteiger partial charge in [0.25, 0.3) is 11.5 Å². The summed E-state index contributed by atoms with van der Waals surface area (Å²) in [6.07, 6.45) is 3.34. The van der Waals surface area contributed by atoms with Gasteiger partial charge in [0.1, 0.15) is 15.8 Å². The van der Waals surface area contributed by atoms with Gasteiger partial charge in [-0.3, -0.25) is 18.9 Å². The predicted octanol–water partition coefficient (Wildman–Crippen LogP) is 2.90. The van der Waals surface area contributed by atoms with Gasteiger partial charge in [-0.2, -0.15) is 0 Å². The van der Waals surface area contributed by atoms with Crippen molar-refractivity contribution < 1.29 is 4.79 Å². The van der Waals surface area contributed by atoms with E-state index in [0.29, 0.717) is 38.7 Å². The standard InChI is InChI=1S/C18H20N4O2S2/c1-10(2)8-19-15-12(7-13-17(24)21(4)18(25)26-13)16(23)22-9-11(3)5-6-14(22)20-15/h5-7,9-10,19H,8H2,1-4H3/b13-7+. The fourth-order valence-corrected chi connectivity index (χ4v) is 3.66.